The van der Waals surface area contributed by atoms with E-state index < -0.39 is 36.5 Å². The number of aryl methyl sites for hydroxylation is 1. The van der Waals surface area contributed by atoms with Gasteiger partial charge < -0.3 is 14.6 Å². The van der Waals surface area contributed by atoms with Gasteiger partial charge in [0.1, 0.15) is 5.52 Å². The van der Waals surface area contributed by atoms with Crippen LogP contribution in [0.1, 0.15) is 24.0 Å². The Morgan fingerprint density at radius 3 is 2.44 bits per heavy atom. The van der Waals surface area contributed by atoms with Crippen LogP contribution in [0.4, 0.5) is 18.0 Å². The number of aromatic nitrogens is 5. The maximum Gasteiger partial charge on any atom is 0.410 e. The third-order valence-electron chi connectivity index (χ3n) is 8.56. The third-order valence-corrected chi connectivity index (χ3v) is 8.91. The third kappa shape index (κ3) is 6.79. The van der Waals surface area contributed by atoms with Crippen molar-refractivity contribution in [1.29, 1.82) is 0 Å². The van der Waals surface area contributed by atoms with E-state index in [9.17, 15) is 27.9 Å². The van der Waals surface area contributed by atoms with Gasteiger partial charge >= 0.3 is 6.09 Å². The minimum Gasteiger partial charge on any atom is -0.465 e. The van der Waals surface area contributed by atoms with Crippen molar-refractivity contribution >= 4 is 28.7 Å². The summed E-state index contributed by atoms with van der Waals surface area (Å²) >= 11 is 6.55. The van der Waals surface area contributed by atoms with Crippen LogP contribution in [0.25, 0.3) is 33.6 Å². The molecule has 5 aromatic rings. The molecule has 252 valence electrons. The highest BCUT2D eigenvalue weighted by molar-refractivity contribution is 6.31. The predicted molar refractivity (Wildman–Crippen MR) is 169 cm³/mol. The number of nitrogens with zero attached hydrogens (tertiary/aromatic N) is 7. The van der Waals surface area contributed by atoms with Crippen molar-refractivity contribution in [1.82, 2.24) is 34.1 Å². The number of alkyl halides is 3. The van der Waals surface area contributed by atoms with Gasteiger partial charge in [-0.3, -0.25) is 23.8 Å². The van der Waals surface area contributed by atoms with Gasteiger partial charge in [-0.1, -0.05) is 48.0 Å². The smallest absolute Gasteiger partial charge is 0.410 e. The van der Waals surface area contributed by atoms with E-state index in [1.807, 2.05) is 18.2 Å². The van der Waals surface area contributed by atoms with Gasteiger partial charge in [-0.2, -0.15) is 5.10 Å². The lowest BCUT2D eigenvalue weighted by atomic mass is 9.91. The van der Waals surface area contributed by atoms with Gasteiger partial charge in [-0.15, -0.1) is 0 Å². The van der Waals surface area contributed by atoms with Gasteiger partial charge in [-0.25, -0.2) is 27.9 Å². The Bertz CT molecular complexity index is 1980. The lowest BCUT2D eigenvalue weighted by Gasteiger charge is -2.38. The number of fused-ring (bicyclic) bond motifs is 1. The summed E-state index contributed by atoms with van der Waals surface area (Å²) in [5.41, 5.74) is 1.96. The summed E-state index contributed by atoms with van der Waals surface area (Å²) in [5.74, 6) is 0.626. The predicted octanol–water partition coefficient (Wildman–Crippen LogP) is 5.17. The number of amides is 1. The molecule has 6 rings (SSSR count). The maximum atomic E-state index is 13.8. The first-order valence-electron chi connectivity index (χ1n) is 15.0. The monoisotopic (exact) mass is 685 g/mol. The zero-order chi connectivity index (χ0) is 34.2. The number of rotatable bonds is 10. The molecule has 0 saturated carbocycles. The number of likely N-dealkylation sites (tertiary alicyclic amines) is 1. The molecule has 0 aliphatic carbocycles. The molecular weight excluding hydrogens is 655 g/mol. The lowest BCUT2D eigenvalue weighted by molar-refractivity contribution is -0.0419. The highest BCUT2D eigenvalue weighted by atomic mass is 35.5. The van der Waals surface area contributed by atoms with Crippen LogP contribution in [0, 0.1) is 0 Å². The number of carbonyl (C=O) groups is 1. The molecular formula is C32H31ClF3N7O5. The van der Waals surface area contributed by atoms with Gasteiger partial charge in [0.05, 0.1) is 36.9 Å². The van der Waals surface area contributed by atoms with Crippen molar-refractivity contribution in [3.63, 3.8) is 0 Å². The van der Waals surface area contributed by atoms with E-state index in [1.54, 1.807) is 25.4 Å². The maximum absolute atomic E-state index is 13.8. The highest BCUT2D eigenvalue weighted by Crippen LogP contribution is 2.30. The van der Waals surface area contributed by atoms with Crippen LogP contribution in [-0.2, 0) is 26.7 Å². The topological polar surface area (TPSA) is 143 Å². The molecule has 1 aliphatic rings. The Hall–Kier alpha value is -4.73. The zero-order valence-corrected chi connectivity index (χ0v) is 26.4. The molecule has 1 saturated heterocycles. The molecule has 12 nitrogen and oxygen atoms in total. The number of benzene rings is 2. The fourth-order valence-corrected chi connectivity index (χ4v) is 6.16. The molecule has 1 aliphatic heterocycles. The van der Waals surface area contributed by atoms with Gasteiger partial charge in [0, 0.05) is 42.8 Å². The van der Waals surface area contributed by atoms with Crippen LogP contribution >= 0.6 is 11.6 Å². The van der Waals surface area contributed by atoms with Crippen molar-refractivity contribution in [2.45, 2.75) is 50.8 Å². The summed E-state index contributed by atoms with van der Waals surface area (Å²) < 4.78 is 47.5. The number of halogens is 4. The average molecular weight is 686 g/mol. The number of carboxylic acid groups (broad SMARTS) is 1. The Labute approximate surface area is 276 Å². The van der Waals surface area contributed by atoms with Crippen molar-refractivity contribution in [2.75, 3.05) is 13.1 Å². The number of piperidine rings is 1. The van der Waals surface area contributed by atoms with E-state index in [2.05, 4.69) is 20.0 Å². The fourth-order valence-electron chi connectivity index (χ4n) is 5.92. The highest BCUT2D eigenvalue weighted by Gasteiger charge is 2.34. The van der Waals surface area contributed by atoms with Crippen molar-refractivity contribution < 1.29 is 32.6 Å². The SMILES string of the molecule is Cn1nc2c(=O)n(CC3(O)CCN(Cc4ccc(-c5cnco5)cc4Cl)CC3)cnc2c1-c1ccc(CN(C(=O)O)C(F)C(F)F)cc1. The quantitative estimate of drug-likeness (QED) is 0.190. The molecule has 1 fully saturated rings. The second-order valence-electron chi connectivity index (χ2n) is 11.8. The second kappa shape index (κ2) is 13.4. The molecule has 1 unspecified atom stereocenters. The first-order chi connectivity index (χ1) is 22.9. The summed E-state index contributed by atoms with van der Waals surface area (Å²) in [7, 11) is 1.63. The van der Waals surface area contributed by atoms with Crippen molar-refractivity contribution in [3.8, 4) is 22.6 Å². The van der Waals surface area contributed by atoms with Crippen LogP contribution in [0.2, 0.25) is 5.02 Å². The van der Waals surface area contributed by atoms with E-state index in [1.165, 1.54) is 34.1 Å². The second-order valence-corrected chi connectivity index (χ2v) is 12.2. The van der Waals surface area contributed by atoms with E-state index in [0.717, 1.165) is 11.1 Å². The molecule has 1 atom stereocenters. The fraction of sp³-hybridized carbons (Fsp3) is 0.344. The Morgan fingerprint density at radius 2 is 1.81 bits per heavy atom. The molecule has 3 aromatic heterocycles. The van der Waals surface area contributed by atoms with Gasteiger partial charge in [0.25, 0.3) is 12.0 Å². The summed E-state index contributed by atoms with van der Waals surface area (Å²) in [6.45, 7) is 1.22. The first-order valence-corrected chi connectivity index (χ1v) is 15.4. The number of aliphatic hydroxyl groups is 1. The first kappa shape index (κ1) is 33.2. The molecule has 2 aromatic carbocycles. The van der Waals surface area contributed by atoms with Crippen LogP contribution < -0.4 is 5.56 Å². The van der Waals surface area contributed by atoms with Crippen LogP contribution in [0.5, 0.6) is 0 Å². The standard InChI is InChI=1S/C32H31ClF3N7O5/c1-40-27(20-4-2-19(3-5-20)14-43(31(45)46)29(36)28(34)35)25-26(39-40)30(44)42(17-38-25)16-32(47)8-10-41(11-9-32)15-22-7-6-21(12-23(22)33)24-13-37-18-48-24/h2-7,12-13,17-18,28-29,47H,8-11,14-16H2,1H3,(H,45,46). The van der Waals surface area contributed by atoms with Crippen molar-refractivity contribution in [3.05, 3.63) is 87.9 Å². The van der Waals surface area contributed by atoms with E-state index in [4.69, 9.17) is 21.1 Å². The lowest BCUT2D eigenvalue weighted by Crippen LogP contribution is -2.47. The number of hydrogen-bond acceptors (Lipinski definition) is 8. The molecule has 0 spiro atoms. The molecule has 16 heteroatoms. The average Bonchev–Trinajstić information content (AvgIpc) is 3.72. The normalized spacial score (nSPS) is 15.6. The van der Waals surface area contributed by atoms with Gasteiger partial charge in [0.2, 0.25) is 6.30 Å². The van der Waals surface area contributed by atoms with E-state index >= 15 is 0 Å². The van der Waals surface area contributed by atoms with Crippen LogP contribution in [0.3, 0.4) is 0 Å². The zero-order valence-electron chi connectivity index (χ0n) is 25.6. The van der Waals surface area contributed by atoms with Gasteiger partial charge in [0.15, 0.2) is 17.7 Å². The summed E-state index contributed by atoms with van der Waals surface area (Å²) in [5, 5.41) is 25.6. The Balaban J connectivity index is 1.13. The minimum atomic E-state index is -3.48. The summed E-state index contributed by atoms with van der Waals surface area (Å²) in [6.07, 6.45) is -3.05. The molecule has 48 heavy (non-hydrogen) atoms. The Kier molecular flexibility index (Phi) is 9.27. The van der Waals surface area contributed by atoms with Gasteiger partial charge in [-0.05, 0) is 30.0 Å². The summed E-state index contributed by atoms with van der Waals surface area (Å²) in [4.78, 5) is 35.5. The minimum absolute atomic E-state index is 0.0245. The number of oxazole rings is 1. The molecule has 0 radical (unpaired) electrons. The van der Waals surface area contributed by atoms with Crippen molar-refractivity contribution in [2.24, 2.45) is 7.05 Å². The van der Waals surface area contributed by atoms with E-state index in [-0.39, 0.29) is 22.5 Å². The Morgan fingerprint density at radius 1 is 1.10 bits per heavy atom. The largest absolute Gasteiger partial charge is 0.465 e. The molecule has 1 amide bonds. The molecule has 0 bridgehead atoms. The molecule has 2 N–H and O–H groups in total. The van der Waals surface area contributed by atoms with Crippen LogP contribution in [-0.4, -0.2) is 81.8 Å². The van der Waals surface area contributed by atoms with E-state index in [0.29, 0.717) is 60.0 Å². The number of hydrogen-bond donors (Lipinski definition) is 2. The molecule has 4 heterocycles. The summed E-state index contributed by atoms with van der Waals surface area (Å²) in [6, 6.07) is 11.8. The van der Waals surface area contributed by atoms with Crippen LogP contribution in [0.15, 0.2) is 70.6 Å².